The average Bonchev–Trinajstić information content (AvgIpc) is 3.61. The van der Waals surface area contributed by atoms with Gasteiger partial charge in [-0.25, -0.2) is 0 Å². The van der Waals surface area contributed by atoms with Crippen molar-refractivity contribution < 1.29 is 91.5 Å². The van der Waals surface area contributed by atoms with Crippen molar-refractivity contribution >= 4 is 59.0 Å². The zero-order valence-corrected chi connectivity index (χ0v) is 42.4. The average molecular weight is 1140 g/mol. The lowest BCUT2D eigenvalue weighted by Gasteiger charge is -2.33. The van der Waals surface area contributed by atoms with E-state index in [0.29, 0.717) is 49.3 Å². The summed E-state index contributed by atoms with van der Waals surface area (Å²) < 4.78 is 201. The largest absolute Gasteiger partial charge is 0.481 e. The van der Waals surface area contributed by atoms with E-state index in [4.69, 9.17) is 9.47 Å². The predicted molar refractivity (Wildman–Crippen MR) is 266 cm³/mol. The summed E-state index contributed by atoms with van der Waals surface area (Å²) in [6, 6.07) is 11.2. The van der Waals surface area contributed by atoms with Gasteiger partial charge in [0.2, 0.25) is 11.8 Å². The van der Waals surface area contributed by atoms with E-state index in [-0.39, 0.29) is 114 Å². The van der Waals surface area contributed by atoms with Crippen LogP contribution in [0.1, 0.15) is 59.1 Å². The molecule has 4 heterocycles. The minimum atomic E-state index is -6.11. The maximum atomic E-state index is 15.9. The number of benzene rings is 4. The molecule has 0 bridgehead atoms. The predicted octanol–water partition coefficient (Wildman–Crippen LogP) is 11.6. The number of ether oxygens (including phenoxy) is 2. The van der Waals surface area contributed by atoms with Crippen molar-refractivity contribution in [2.75, 3.05) is 88.6 Å². The minimum Gasteiger partial charge on any atom is -0.481 e. The highest BCUT2D eigenvalue weighted by Crippen LogP contribution is 2.55. The Labute approximate surface area is 448 Å². The van der Waals surface area contributed by atoms with Gasteiger partial charge in [0.15, 0.2) is 0 Å². The maximum Gasteiger partial charge on any atom is 0.418 e. The number of amides is 2. The van der Waals surface area contributed by atoms with Crippen molar-refractivity contribution in [3.63, 3.8) is 0 Å². The molecule has 4 aromatic carbocycles. The molecule has 0 radical (unpaired) electrons. The van der Waals surface area contributed by atoms with E-state index in [2.05, 4.69) is 0 Å². The number of alkyl halides is 12. The second kappa shape index (κ2) is 23.5. The summed E-state index contributed by atoms with van der Waals surface area (Å²) in [6.45, 7) is 0.180. The van der Waals surface area contributed by atoms with Gasteiger partial charge in [0.25, 0.3) is 0 Å². The second-order valence-corrected chi connectivity index (χ2v) is 20.2. The van der Waals surface area contributed by atoms with Crippen LogP contribution in [0.3, 0.4) is 0 Å². The fourth-order valence-electron chi connectivity index (χ4n) is 10.3. The number of carbonyl (C=O) groups excluding carboxylic acids is 2. The number of anilines is 2. The van der Waals surface area contributed by atoms with Gasteiger partial charge in [0.05, 0.1) is 60.5 Å². The second-order valence-electron chi connectivity index (χ2n) is 19.2. The Balaban J connectivity index is 1.42. The summed E-state index contributed by atoms with van der Waals surface area (Å²) in [5.74, 6) is -5.98. The fraction of sp³-hybridized carbons (Fsp3) is 0.407. The first-order chi connectivity index (χ1) is 37.2. The third-order valence-electron chi connectivity index (χ3n) is 14.0. The van der Waals surface area contributed by atoms with E-state index in [1.165, 1.54) is 36.4 Å². The number of piperidine rings is 2. The van der Waals surface area contributed by atoms with Crippen molar-refractivity contribution in [2.24, 2.45) is 11.8 Å². The topological polar surface area (TPSA) is 140 Å². The molecule has 4 aliphatic rings. The highest BCUT2D eigenvalue weighted by Gasteiger charge is 2.50. The number of rotatable bonds is 12. The molecule has 79 heavy (non-hydrogen) atoms. The Bertz CT molecular complexity index is 2820. The molecule has 8 rings (SSSR count). The number of aliphatic carboxylic acids is 2. The molecule has 25 heteroatoms. The van der Waals surface area contributed by atoms with Gasteiger partial charge in [0, 0.05) is 85.7 Å². The third-order valence-corrected chi connectivity index (χ3v) is 15.1. The highest BCUT2D eigenvalue weighted by molar-refractivity contribution is 7.99. The summed E-state index contributed by atoms with van der Waals surface area (Å²) in [5.41, 5.74) is -14.4. The Morgan fingerprint density at radius 2 is 0.861 bits per heavy atom. The van der Waals surface area contributed by atoms with Crippen LogP contribution in [0, 0.1) is 11.8 Å². The molecule has 4 fully saturated rings. The van der Waals surface area contributed by atoms with Gasteiger partial charge in [-0.15, -0.1) is 0 Å². The summed E-state index contributed by atoms with van der Waals surface area (Å²) in [4.78, 5) is 53.0. The monoisotopic (exact) mass is 1140 g/mol. The van der Waals surface area contributed by atoms with Crippen LogP contribution < -0.4 is 9.80 Å². The highest BCUT2D eigenvalue weighted by atomic mass is 32.2. The Kier molecular flexibility index (Phi) is 17.4. The van der Waals surface area contributed by atoms with E-state index in [1.807, 2.05) is 0 Å². The molecular weight excluding hydrogens is 1090 g/mol. The van der Waals surface area contributed by atoms with Crippen LogP contribution >= 0.6 is 11.8 Å². The van der Waals surface area contributed by atoms with Crippen LogP contribution in [0.5, 0.6) is 0 Å². The van der Waals surface area contributed by atoms with Crippen LogP contribution in [-0.2, 0) is 53.4 Å². The first-order valence-corrected chi connectivity index (χ1v) is 25.7. The van der Waals surface area contributed by atoms with Crippen molar-refractivity contribution in [3.05, 3.63) is 106 Å². The molecule has 0 aliphatic carbocycles. The Hall–Kier alpha value is -6.73. The summed E-state index contributed by atoms with van der Waals surface area (Å²) in [6.07, 6.45) is -20.9. The van der Waals surface area contributed by atoms with Crippen LogP contribution in [-0.4, -0.2) is 123 Å². The SMILES string of the molecule is O=C(O)C1CCCN(c2cccc(-c3cc(Sc4cc(-c5cccc(N6CCCC(C(=O)O)C6)c5)c(C=CC(=O)N5CCOCC5)c(C(F)(F)F)c4C(F)(F)F)c(C(F)(F)F)c(C(F)(F)F)c3C=CC(=O)N3CCOCC3)c2)C1. The van der Waals surface area contributed by atoms with Crippen molar-refractivity contribution in [1.29, 1.82) is 0 Å². The molecular formula is C54H50F12N4O8S. The zero-order valence-electron chi connectivity index (χ0n) is 41.6. The Morgan fingerprint density at radius 1 is 0.506 bits per heavy atom. The molecule has 2 amide bonds. The van der Waals surface area contributed by atoms with E-state index in [0.717, 1.165) is 21.9 Å². The molecule has 4 aromatic rings. The first kappa shape index (κ1) is 58.4. The fourth-order valence-corrected chi connectivity index (χ4v) is 11.5. The van der Waals surface area contributed by atoms with Crippen LogP contribution in [0.15, 0.2) is 82.6 Å². The van der Waals surface area contributed by atoms with Gasteiger partial charge >= 0.3 is 36.6 Å². The number of halogens is 12. The number of carboxylic acid groups (broad SMARTS) is 2. The van der Waals surface area contributed by atoms with Crippen molar-refractivity contribution in [3.8, 4) is 22.3 Å². The molecule has 424 valence electrons. The molecule has 4 aliphatic heterocycles. The van der Waals surface area contributed by atoms with Gasteiger partial charge < -0.3 is 39.3 Å². The summed E-state index contributed by atoms with van der Waals surface area (Å²) >= 11 is -0.662. The third kappa shape index (κ3) is 13.5. The van der Waals surface area contributed by atoms with Gasteiger partial charge in [-0.3, -0.25) is 19.2 Å². The van der Waals surface area contributed by atoms with Crippen LogP contribution in [0.4, 0.5) is 64.1 Å². The molecule has 0 saturated carbocycles. The van der Waals surface area contributed by atoms with E-state index >= 15 is 52.7 Å². The molecule has 4 saturated heterocycles. The van der Waals surface area contributed by atoms with E-state index in [9.17, 15) is 29.4 Å². The molecule has 2 unspecified atom stereocenters. The lowest BCUT2D eigenvalue weighted by molar-refractivity contribution is -0.164. The first-order valence-electron chi connectivity index (χ1n) is 24.8. The lowest BCUT2D eigenvalue weighted by atomic mass is 9.89. The van der Waals surface area contributed by atoms with Crippen LogP contribution in [0.2, 0.25) is 0 Å². The van der Waals surface area contributed by atoms with E-state index < -0.39 is 126 Å². The number of nitrogens with zero attached hydrogens (tertiary/aromatic N) is 4. The normalized spacial score (nSPS) is 19.1. The summed E-state index contributed by atoms with van der Waals surface area (Å²) in [7, 11) is 0. The number of hydrogen-bond acceptors (Lipinski definition) is 9. The van der Waals surface area contributed by atoms with Crippen molar-refractivity contribution in [1.82, 2.24) is 9.80 Å². The lowest BCUT2D eigenvalue weighted by Crippen LogP contribution is -2.39. The number of morpholine rings is 2. The maximum absolute atomic E-state index is 15.9. The van der Waals surface area contributed by atoms with Crippen LogP contribution in [0.25, 0.3) is 34.4 Å². The van der Waals surface area contributed by atoms with Gasteiger partial charge in [-0.2, -0.15) is 52.7 Å². The van der Waals surface area contributed by atoms with Gasteiger partial charge in [-0.05, 0) is 108 Å². The molecule has 0 spiro atoms. The van der Waals surface area contributed by atoms with E-state index in [1.54, 1.807) is 9.80 Å². The van der Waals surface area contributed by atoms with Gasteiger partial charge in [-0.1, -0.05) is 36.0 Å². The minimum absolute atomic E-state index is 0.0212. The molecule has 12 nitrogen and oxygen atoms in total. The molecule has 0 aromatic heterocycles. The quantitative estimate of drug-likeness (QED) is 0.103. The number of hydrogen-bond donors (Lipinski definition) is 2. The standard InChI is InChI=1S/C54H50F12N4O8S/c55-51(56,57)45-37(11-13-43(71)67-17-21-77-22-18-67)39(31-5-1-9-35(25-31)69-15-3-7-33(29-69)49(73)74)27-41(47(45)53(61,62)63)79-42-28-40(32-6-2-10-36(26-32)70-16-4-8-34(30-70)50(75)76)38(12-14-44(72)68-19-23-78-24-20-68)46(52(58,59)60)48(42)54(64,65)66/h1-2,5-6,9-14,25-28,33-34H,3-4,7-8,15-24,29-30H2,(H,73,74)(H,75,76). The number of carbonyl (C=O) groups is 4. The Morgan fingerprint density at radius 3 is 1.19 bits per heavy atom. The zero-order chi connectivity index (χ0) is 57.2. The van der Waals surface area contributed by atoms with Gasteiger partial charge in [0.1, 0.15) is 0 Å². The molecule has 2 atom stereocenters. The summed E-state index contributed by atoms with van der Waals surface area (Å²) in [5, 5.41) is 19.6. The molecule has 2 N–H and O–H groups in total. The number of carboxylic acids is 2. The smallest absolute Gasteiger partial charge is 0.418 e. The van der Waals surface area contributed by atoms with Crippen molar-refractivity contribution in [2.45, 2.75) is 60.2 Å².